The maximum Gasteiger partial charge on any atom is 0.339 e. The molecule has 1 saturated carbocycles. The van der Waals surface area contributed by atoms with Crippen LogP contribution in [0, 0.1) is 5.92 Å². The Morgan fingerprint density at radius 2 is 2.20 bits per heavy atom. The minimum Gasteiger partial charge on any atom is -0.462 e. The van der Waals surface area contributed by atoms with Gasteiger partial charge in [0.05, 0.1) is 12.2 Å². The van der Waals surface area contributed by atoms with Gasteiger partial charge in [0.15, 0.2) is 0 Å². The summed E-state index contributed by atoms with van der Waals surface area (Å²) in [6, 6.07) is 4.38. The lowest BCUT2D eigenvalue weighted by atomic mass is 10.1. The van der Waals surface area contributed by atoms with Crippen molar-refractivity contribution in [2.24, 2.45) is 5.92 Å². The molecule has 4 nitrogen and oxygen atoms in total. The third kappa shape index (κ3) is 3.95. The molecule has 1 aliphatic rings. The van der Waals surface area contributed by atoms with Crippen LogP contribution in [0.5, 0.6) is 0 Å². The quantitative estimate of drug-likeness (QED) is 0.717. The van der Waals surface area contributed by atoms with Crippen molar-refractivity contribution in [2.75, 3.05) is 18.1 Å². The van der Waals surface area contributed by atoms with E-state index in [1.807, 2.05) is 12.1 Å². The van der Waals surface area contributed by atoms with Crippen LogP contribution < -0.4 is 4.90 Å². The molecular weight excluding hydrogens is 252 g/mol. The highest BCUT2D eigenvalue weighted by molar-refractivity contribution is 5.89. The second-order valence-electron chi connectivity index (χ2n) is 5.73. The van der Waals surface area contributed by atoms with Crippen LogP contribution in [-0.4, -0.2) is 30.1 Å². The van der Waals surface area contributed by atoms with E-state index in [1.54, 1.807) is 13.1 Å². The number of ether oxygens (including phenoxy) is 1. The topological polar surface area (TPSA) is 42.4 Å². The Labute approximate surface area is 121 Å². The van der Waals surface area contributed by atoms with E-state index in [-0.39, 0.29) is 5.97 Å². The van der Waals surface area contributed by atoms with Crippen LogP contribution >= 0.6 is 0 Å². The highest BCUT2D eigenvalue weighted by Crippen LogP contribution is 2.31. The van der Waals surface area contributed by atoms with Crippen molar-refractivity contribution < 1.29 is 9.53 Å². The van der Waals surface area contributed by atoms with Crippen molar-refractivity contribution in [1.82, 2.24) is 4.98 Å². The van der Waals surface area contributed by atoms with Gasteiger partial charge in [-0.2, -0.15) is 0 Å². The first-order valence-corrected chi connectivity index (χ1v) is 7.51. The molecule has 0 atom stereocenters. The molecule has 1 aromatic rings. The molecule has 1 heterocycles. The summed E-state index contributed by atoms with van der Waals surface area (Å²) in [5.41, 5.74) is 0.523. The van der Waals surface area contributed by atoms with E-state index >= 15 is 0 Å². The minimum absolute atomic E-state index is 0.299. The summed E-state index contributed by atoms with van der Waals surface area (Å²) in [5.74, 6) is 1.36. The molecule has 20 heavy (non-hydrogen) atoms. The Morgan fingerprint density at radius 1 is 1.45 bits per heavy atom. The lowest BCUT2D eigenvalue weighted by Crippen LogP contribution is -2.28. The van der Waals surface area contributed by atoms with Gasteiger partial charge in [0, 0.05) is 18.8 Å². The molecule has 0 aliphatic heterocycles. The SMILES string of the molecule is CCOC(=O)c1ccc(N(CCC(C)C)C2CC2)nc1. The maximum atomic E-state index is 11.6. The summed E-state index contributed by atoms with van der Waals surface area (Å²) in [7, 11) is 0. The molecular formula is C16H24N2O2. The van der Waals surface area contributed by atoms with E-state index in [2.05, 4.69) is 23.7 Å². The zero-order valence-corrected chi connectivity index (χ0v) is 12.6. The molecule has 1 aliphatic carbocycles. The third-order valence-electron chi connectivity index (χ3n) is 3.49. The second kappa shape index (κ2) is 6.73. The zero-order valence-electron chi connectivity index (χ0n) is 12.6. The van der Waals surface area contributed by atoms with Gasteiger partial charge in [0.1, 0.15) is 5.82 Å². The van der Waals surface area contributed by atoms with Gasteiger partial charge in [-0.25, -0.2) is 9.78 Å². The number of rotatable bonds is 7. The van der Waals surface area contributed by atoms with Crippen molar-refractivity contribution >= 4 is 11.8 Å². The molecule has 0 saturated heterocycles. The van der Waals surface area contributed by atoms with E-state index in [9.17, 15) is 4.79 Å². The molecule has 4 heteroatoms. The van der Waals surface area contributed by atoms with Gasteiger partial charge in [0.25, 0.3) is 0 Å². The standard InChI is InChI=1S/C16H24N2O2/c1-4-20-16(19)13-5-8-15(17-11-13)18(14-6-7-14)10-9-12(2)3/h5,8,11-12,14H,4,6-7,9-10H2,1-3H3. The first-order chi connectivity index (χ1) is 9.61. The summed E-state index contributed by atoms with van der Waals surface area (Å²) >= 11 is 0. The van der Waals surface area contributed by atoms with E-state index < -0.39 is 0 Å². The fourth-order valence-electron chi connectivity index (χ4n) is 2.16. The highest BCUT2D eigenvalue weighted by atomic mass is 16.5. The molecule has 1 fully saturated rings. The molecule has 1 aromatic heterocycles. The third-order valence-corrected chi connectivity index (χ3v) is 3.49. The van der Waals surface area contributed by atoms with Crippen LogP contribution in [0.25, 0.3) is 0 Å². The van der Waals surface area contributed by atoms with Crippen LogP contribution in [0.3, 0.4) is 0 Å². The number of hydrogen-bond donors (Lipinski definition) is 0. The maximum absolute atomic E-state index is 11.6. The van der Waals surface area contributed by atoms with Crippen LogP contribution in [0.15, 0.2) is 18.3 Å². The summed E-state index contributed by atoms with van der Waals surface area (Å²) < 4.78 is 4.97. The fourth-order valence-corrected chi connectivity index (χ4v) is 2.16. The molecule has 0 N–H and O–H groups in total. The Kier molecular flexibility index (Phi) is 4.99. The van der Waals surface area contributed by atoms with Gasteiger partial charge < -0.3 is 9.64 Å². The minimum atomic E-state index is -0.299. The van der Waals surface area contributed by atoms with Gasteiger partial charge in [0.2, 0.25) is 0 Å². The molecule has 110 valence electrons. The first kappa shape index (κ1) is 14.8. The van der Waals surface area contributed by atoms with Gasteiger partial charge in [-0.1, -0.05) is 13.8 Å². The van der Waals surface area contributed by atoms with Crippen LogP contribution in [-0.2, 0) is 4.74 Å². The Bertz CT molecular complexity index is 438. The zero-order chi connectivity index (χ0) is 14.5. The first-order valence-electron chi connectivity index (χ1n) is 7.51. The highest BCUT2D eigenvalue weighted by Gasteiger charge is 2.29. The number of hydrogen-bond acceptors (Lipinski definition) is 4. The van der Waals surface area contributed by atoms with E-state index in [4.69, 9.17) is 4.74 Å². The van der Waals surface area contributed by atoms with Crippen molar-refractivity contribution in [1.29, 1.82) is 0 Å². The van der Waals surface area contributed by atoms with Gasteiger partial charge in [-0.15, -0.1) is 0 Å². The van der Waals surface area contributed by atoms with Gasteiger partial charge >= 0.3 is 5.97 Å². The van der Waals surface area contributed by atoms with Gasteiger partial charge in [-0.3, -0.25) is 0 Å². The average molecular weight is 276 g/mol. The molecule has 0 spiro atoms. The van der Waals surface area contributed by atoms with E-state index in [0.717, 1.165) is 18.8 Å². The Morgan fingerprint density at radius 3 is 2.70 bits per heavy atom. The Balaban J connectivity index is 2.04. The number of pyridine rings is 1. The molecule has 2 rings (SSSR count). The second-order valence-corrected chi connectivity index (χ2v) is 5.73. The molecule has 0 unspecified atom stereocenters. The lowest BCUT2D eigenvalue weighted by Gasteiger charge is -2.24. The molecule has 0 aromatic carbocycles. The largest absolute Gasteiger partial charge is 0.462 e. The van der Waals surface area contributed by atoms with Crippen LogP contribution in [0.1, 0.15) is 50.4 Å². The summed E-state index contributed by atoms with van der Waals surface area (Å²) in [4.78, 5) is 18.4. The number of aromatic nitrogens is 1. The van der Waals surface area contributed by atoms with Crippen molar-refractivity contribution in [3.05, 3.63) is 23.9 Å². The van der Waals surface area contributed by atoms with Crippen molar-refractivity contribution in [3.8, 4) is 0 Å². The summed E-state index contributed by atoms with van der Waals surface area (Å²) in [6.45, 7) is 7.71. The molecule has 0 amide bonds. The number of carbonyl (C=O) groups excluding carboxylic acids is 1. The predicted molar refractivity (Wildman–Crippen MR) is 80.0 cm³/mol. The summed E-state index contributed by atoms with van der Waals surface area (Å²) in [5, 5.41) is 0. The number of esters is 1. The van der Waals surface area contributed by atoms with Crippen molar-refractivity contribution in [3.63, 3.8) is 0 Å². The number of carbonyl (C=O) groups is 1. The van der Waals surface area contributed by atoms with Gasteiger partial charge in [-0.05, 0) is 44.2 Å². The van der Waals surface area contributed by atoms with E-state index in [0.29, 0.717) is 24.1 Å². The predicted octanol–water partition coefficient (Wildman–Crippen LogP) is 3.27. The van der Waals surface area contributed by atoms with Crippen LogP contribution in [0.4, 0.5) is 5.82 Å². The summed E-state index contributed by atoms with van der Waals surface area (Å²) in [6.07, 6.45) is 5.29. The molecule has 0 bridgehead atoms. The van der Waals surface area contributed by atoms with Crippen LogP contribution in [0.2, 0.25) is 0 Å². The average Bonchev–Trinajstić information content (AvgIpc) is 3.24. The Hall–Kier alpha value is -1.58. The monoisotopic (exact) mass is 276 g/mol. The normalized spacial score (nSPS) is 14.4. The van der Waals surface area contributed by atoms with E-state index in [1.165, 1.54) is 12.8 Å². The lowest BCUT2D eigenvalue weighted by molar-refractivity contribution is 0.0526. The smallest absolute Gasteiger partial charge is 0.339 e. The number of nitrogens with zero attached hydrogens (tertiary/aromatic N) is 2. The fraction of sp³-hybridized carbons (Fsp3) is 0.625. The molecule has 0 radical (unpaired) electrons. The number of anilines is 1. The van der Waals surface area contributed by atoms with Crippen molar-refractivity contribution in [2.45, 2.75) is 46.1 Å².